The van der Waals surface area contributed by atoms with Crippen molar-refractivity contribution in [2.75, 3.05) is 19.8 Å². The van der Waals surface area contributed by atoms with Crippen molar-refractivity contribution in [3.63, 3.8) is 0 Å². The van der Waals surface area contributed by atoms with Crippen LogP contribution in [0, 0.1) is 0 Å². The fourth-order valence-electron chi connectivity index (χ4n) is 2.61. The van der Waals surface area contributed by atoms with Crippen LogP contribution in [-0.2, 0) is 23.9 Å². The van der Waals surface area contributed by atoms with Crippen LogP contribution in [0.25, 0.3) is 0 Å². The molecule has 2 N–H and O–H groups in total. The molecule has 14 heteroatoms. The lowest BCUT2D eigenvalue weighted by Gasteiger charge is -2.31. The maximum atomic E-state index is 12.6. The maximum Gasteiger partial charge on any atom is 0.545 e. The summed E-state index contributed by atoms with van der Waals surface area (Å²) >= 11 is 5.76. The summed E-state index contributed by atoms with van der Waals surface area (Å²) in [7, 11) is 0. The van der Waals surface area contributed by atoms with Crippen LogP contribution in [0.15, 0.2) is 24.3 Å². The van der Waals surface area contributed by atoms with E-state index in [1.54, 1.807) is 29.7 Å². The smallest absolute Gasteiger partial charge is 0.484 e. The van der Waals surface area contributed by atoms with Gasteiger partial charge < -0.3 is 19.5 Å². The molecule has 1 heterocycles. The molecule has 1 aromatic carbocycles. The van der Waals surface area contributed by atoms with Crippen LogP contribution in [-0.4, -0.2) is 61.4 Å². The quantitative estimate of drug-likeness (QED) is 0.572. The zero-order valence-electron chi connectivity index (χ0n) is 16.8. The minimum Gasteiger partial charge on any atom is -0.484 e. The Hall–Kier alpha value is -2.77. The number of amides is 3. The van der Waals surface area contributed by atoms with Crippen molar-refractivity contribution in [1.82, 2.24) is 15.9 Å². The summed E-state index contributed by atoms with van der Waals surface area (Å²) in [4.78, 5) is 39.3. The Labute approximate surface area is 185 Å². The SMILES string of the molecule is CCOC(=O)NN(OC(F)(F)F)C(=O)[C@@H]1CC[C@@H](NC(=O)COc2ccc(Cl)cc2)CO1. The molecule has 0 spiro atoms. The molecule has 178 valence electrons. The molecule has 2 atom stereocenters. The molecule has 1 aromatic rings. The number of rotatable bonds is 7. The average Bonchev–Trinajstić information content (AvgIpc) is 2.72. The summed E-state index contributed by atoms with van der Waals surface area (Å²) in [5.41, 5.74) is 1.56. The van der Waals surface area contributed by atoms with Crippen LogP contribution in [0.4, 0.5) is 18.0 Å². The van der Waals surface area contributed by atoms with E-state index in [4.69, 9.17) is 21.1 Å². The number of hydrogen-bond acceptors (Lipinski definition) is 7. The zero-order valence-corrected chi connectivity index (χ0v) is 17.6. The van der Waals surface area contributed by atoms with Crippen LogP contribution in [0.3, 0.4) is 0 Å². The summed E-state index contributed by atoms with van der Waals surface area (Å²) in [6.45, 7) is 0.859. The van der Waals surface area contributed by atoms with Gasteiger partial charge in [-0.05, 0) is 44.0 Å². The topological polar surface area (TPSA) is 115 Å². The van der Waals surface area contributed by atoms with Crippen LogP contribution in [0.1, 0.15) is 19.8 Å². The highest BCUT2D eigenvalue weighted by Gasteiger charge is 2.40. The van der Waals surface area contributed by atoms with Crippen molar-refractivity contribution in [3.05, 3.63) is 29.3 Å². The first-order valence-electron chi connectivity index (χ1n) is 9.40. The van der Waals surface area contributed by atoms with Crippen molar-refractivity contribution < 1.29 is 46.6 Å². The number of nitrogens with one attached hydrogen (secondary N) is 2. The van der Waals surface area contributed by atoms with Gasteiger partial charge in [0.15, 0.2) is 6.61 Å². The monoisotopic (exact) mass is 483 g/mol. The predicted molar refractivity (Wildman–Crippen MR) is 102 cm³/mol. The van der Waals surface area contributed by atoms with Crippen LogP contribution in [0.5, 0.6) is 5.75 Å². The average molecular weight is 484 g/mol. The Kier molecular flexibility index (Phi) is 9.35. The minimum atomic E-state index is -5.25. The van der Waals surface area contributed by atoms with E-state index in [9.17, 15) is 27.6 Å². The van der Waals surface area contributed by atoms with Crippen molar-refractivity contribution in [2.24, 2.45) is 0 Å². The van der Waals surface area contributed by atoms with Gasteiger partial charge in [-0.3, -0.25) is 9.59 Å². The lowest BCUT2D eigenvalue weighted by Crippen LogP contribution is -2.55. The van der Waals surface area contributed by atoms with Gasteiger partial charge >= 0.3 is 12.5 Å². The van der Waals surface area contributed by atoms with Gasteiger partial charge in [0.2, 0.25) is 0 Å². The van der Waals surface area contributed by atoms with Gasteiger partial charge in [-0.25, -0.2) is 10.2 Å². The van der Waals surface area contributed by atoms with Crippen molar-refractivity contribution in [3.8, 4) is 5.75 Å². The lowest BCUT2D eigenvalue weighted by molar-refractivity contribution is -0.412. The molecule has 32 heavy (non-hydrogen) atoms. The Balaban J connectivity index is 1.82. The highest BCUT2D eigenvalue weighted by molar-refractivity contribution is 6.30. The van der Waals surface area contributed by atoms with E-state index in [1.165, 1.54) is 6.92 Å². The number of hydrogen-bond donors (Lipinski definition) is 2. The van der Waals surface area contributed by atoms with Crippen LogP contribution >= 0.6 is 11.6 Å². The largest absolute Gasteiger partial charge is 0.545 e. The van der Waals surface area contributed by atoms with Gasteiger partial charge in [0.05, 0.1) is 19.3 Å². The molecule has 0 radical (unpaired) electrons. The highest BCUT2D eigenvalue weighted by Crippen LogP contribution is 2.21. The summed E-state index contributed by atoms with van der Waals surface area (Å²) in [5, 5.41) is 2.78. The molecule has 0 saturated carbocycles. The molecule has 10 nitrogen and oxygen atoms in total. The van der Waals surface area contributed by atoms with E-state index in [2.05, 4.69) is 14.9 Å². The summed E-state index contributed by atoms with van der Waals surface area (Å²) in [6.07, 6.45) is -7.71. The standard InChI is InChI=1S/C18H21ClF3N3O7/c1-2-29-17(28)24-25(32-18(20,21)22)16(27)14-8-5-12(9-31-14)23-15(26)10-30-13-6-3-11(19)4-7-13/h3-4,6-7,12,14H,2,5,8-10H2,1H3,(H,23,26)(H,24,28)/t12-,14+/m1/s1. The van der Waals surface area contributed by atoms with Gasteiger partial charge in [0, 0.05) is 5.02 Å². The number of carbonyl (C=O) groups is 3. The fraction of sp³-hybridized carbons (Fsp3) is 0.500. The Morgan fingerprint density at radius 1 is 1.22 bits per heavy atom. The molecule has 1 saturated heterocycles. The Bertz CT molecular complexity index is 787. The second kappa shape index (κ2) is 11.7. The minimum absolute atomic E-state index is 0.0377. The Morgan fingerprint density at radius 2 is 1.91 bits per heavy atom. The number of nitrogens with zero attached hydrogens (tertiary/aromatic N) is 1. The summed E-state index contributed by atoms with van der Waals surface area (Å²) in [6, 6.07) is 5.89. The third kappa shape index (κ3) is 8.77. The first kappa shape index (κ1) is 25.5. The third-order valence-electron chi connectivity index (χ3n) is 3.96. The van der Waals surface area contributed by atoms with Gasteiger partial charge in [0.1, 0.15) is 11.9 Å². The van der Waals surface area contributed by atoms with E-state index < -0.39 is 36.4 Å². The molecular formula is C18H21ClF3N3O7. The third-order valence-corrected chi connectivity index (χ3v) is 4.22. The molecule has 0 unspecified atom stereocenters. The van der Waals surface area contributed by atoms with Gasteiger partial charge in [-0.2, -0.15) is 0 Å². The first-order chi connectivity index (χ1) is 15.1. The molecular weight excluding hydrogens is 463 g/mol. The van der Waals surface area contributed by atoms with Crippen LogP contribution in [0.2, 0.25) is 5.02 Å². The van der Waals surface area contributed by atoms with Crippen molar-refractivity contribution in [1.29, 1.82) is 0 Å². The lowest BCUT2D eigenvalue weighted by atomic mass is 10.0. The Morgan fingerprint density at radius 3 is 2.47 bits per heavy atom. The molecule has 0 bridgehead atoms. The molecule has 2 rings (SSSR count). The van der Waals surface area contributed by atoms with Crippen molar-refractivity contribution >= 4 is 29.5 Å². The van der Waals surface area contributed by atoms with Crippen molar-refractivity contribution in [2.45, 2.75) is 38.3 Å². The van der Waals surface area contributed by atoms with E-state index in [0.29, 0.717) is 10.8 Å². The number of benzene rings is 1. The van der Waals surface area contributed by atoms with E-state index in [-0.39, 0.29) is 37.8 Å². The normalized spacial score (nSPS) is 18.4. The van der Waals surface area contributed by atoms with Gasteiger partial charge in [-0.1, -0.05) is 11.6 Å². The number of halogens is 4. The first-order valence-corrected chi connectivity index (χ1v) is 9.77. The summed E-state index contributed by atoms with van der Waals surface area (Å²) < 4.78 is 52.7. The fourth-order valence-corrected chi connectivity index (χ4v) is 2.74. The second-order valence-corrected chi connectivity index (χ2v) is 6.84. The van der Waals surface area contributed by atoms with E-state index in [0.717, 1.165) is 0 Å². The molecule has 0 aromatic heterocycles. The molecule has 1 aliphatic heterocycles. The van der Waals surface area contributed by atoms with E-state index >= 15 is 0 Å². The molecule has 1 fully saturated rings. The van der Waals surface area contributed by atoms with Gasteiger partial charge in [-0.15, -0.1) is 23.2 Å². The number of hydrazine groups is 1. The second-order valence-electron chi connectivity index (χ2n) is 6.41. The number of carbonyl (C=O) groups excluding carboxylic acids is 3. The number of ether oxygens (including phenoxy) is 3. The molecule has 3 amide bonds. The number of hydroxylamine groups is 1. The highest BCUT2D eigenvalue weighted by atomic mass is 35.5. The molecule has 1 aliphatic rings. The van der Waals surface area contributed by atoms with Crippen LogP contribution < -0.4 is 15.5 Å². The van der Waals surface area contributed by atoms with E-state index in [1.807, 2.05) is 0 Å². The van der Waals surface area contributed by atoms with Gasteiger partial charge in [0.25, 0.3) is 11.8 Å². The summed E-state index contributed by atoms with van der Waals surface area (Å²) in [5.74, 6) is -1.30. The molecule has 0 aliphatic carbocycles. The predicted octanol–water partition coefficient (Wildman–Crippen LogP) is 2.32. The number of alkyl halides is 3. The zero-order chi connectivity index (χ0) is 23.7. The maximum absolute atomic E-state index is 12.6.